The van der Waals surface area contributed by atoms with E-state index in [0.717, 1.165) is 40.6 Å². The molecule has 68 heavy (non-hydrogen) atoms. The first kappa shape index (κ1) is 40.5. The molecular weight excluding hydrogens is 844 g/mol. The summed E-state index contributed by atoms with van der Waals surface area (Å²) in [6, 6.07) is 51.4. The van der Waals surface area contributed by atoms with Crippen molar-refractivity contribution < 1.29 is 4.42 Å². The van der Waals surface area contributed by atoms with Crippen LogP contribution in [0.5, 0.6) is 0 Å². The Morgan fingerprint density at radius 2 is 1.28 bits per heavy atom. The predicted octanol–water partition coefficient (Wildman–Crippen LogP) is 16.1. The fourth-order valence-corrected chi connectivity index (χ4v) is 14.0. The summed E-state index contributed by atoms with van der Waals surface area (Å²) in [5.74, 6) is 0. The molecule has 1 N–H and O–H groups in total. The summed E-state index contributed by atoms with van der Waals surface area (Å²) in [6.45, 7) is 21.5. The second-order valence-electron chi connectivity index (χ2n) is 23.3. The van der Waals surface area contributed by atoms with Gasteiger partial charge in [0.05, 0.1) is 5.52 Å². The molecular formula is C63H55BN2OS. The maximum atomic E-state index is 6.64. The number of fused-ring (bicyclic) bond motifs is 15. The maximum Gasteiger partial charge on any atom is 0.198 e. The van der Waals surface area contributed by atoms with Crippen molar-refractivity contribution in [2.75, 3.05) is 5.32 Å². The van der Waals surface area contributed by atoms with Crippen LogP contribution in [0.3, 0.4) is 0 Å². The Balaban J connectivity index is 1.06. The molecule has 3 aromatic heterocycles. The topological polar surface area (TPSA) is 30.1 Å². The van der Waals surface area contributed by atoms with E-state index in [1.807, 2.05) is 11.3 Å². The Kier molecular flexibility index (Phi) is 7.96. The van der Waals surface area contributed by atoms with Gasteiger partial charge in [-0.3, -0.25) is 0 Å². The summed E-state index contributed by atoms with van der Waals surface area (Å²) in [6.07, 6.45) is 2.40. The van der Waals surface area contributed by atoms with Crippen LogP contribution in [0.15, 0.2) is 138 Å². The van der Waals surface area contributed by atoms with Gasteiger partial charge in [0.15, 0.2) is 7.28 Å². The van der Waals surface area contributed by atoms with Crippen LogP contribution in [0.25, 0.3) is 91.9 Å². The summed E-state index contributed by atoms with van der Waals surface area (Å²) >= 11 is 1.95. The summed E-state index contributed by atoms with van der Waals surface area (Å²) < 4.78 is 11.9. The number of benzene rings is 8. The molecule has 0 saturated carbocycles. The minimum absolute atomic E-state index is 0.0720. The Hall–Kier alpha value is -6.56. The molecule has 2 aliphatic carbocycles. The highest BCUT2D eigenvalue weighted by atomic mass is 32.1. The number of hydrogen-bond acceptors (Lipinski definition) is 3. The van der Waals surface area contributed by atoms with Crippen molar-refractivity contribution in [3.8, 4) is 27.9 Å². The van der Waals surface area contributed by atoms with E-state index in [0.29, 0.717) is 0 Å². The van der Waals surface area contributed by atoms with Gasteiger partial charge in [0.25, 0.3) is 0 Å². The number of rotatable bonds is 3. The highest BCUT2D eigenvalue weighted by Crippen LogP contribution is 2.52. The Morgan fingerprint density at radius 1 is 0.559 bits per heavy atom. The van der Waals surface area contributed by atoms with Crippen molar-refractivity contribution in [3.05, 3.63) is 161 Å². The number of nitrogens with zero attached hydrogens (tertiary/aromatic N) is 1. The van der Waals surface area contributed by atoms with Crippen LogP contribution in [0.4, 0.5) is 11.4 Å². The van der Waals surface area contributed by atoms with Crippen LogP contribution in [-0.2, 0) is 21.7 Å². The summed E-state index contributed by atoms with van der Waals surface area (Å²) in [5.41, 5.74) is 23.2. The van der Waals surface area contributed by atoms with Gasteiger partial charge in [-0.2, -0.15) is 0 Å². The molecule has 1 aliphatic heterocycles. The molecule has 11 aromatic rings. The zero-order chi connectivity index (χ0) is 46.4. The van der Waals surface area contributed by atoms with Crippen LogP contribution >= 0.6 is 11.3 Å². The van der Waals surface area contributed by atoms with Crippen molar-refractivity contribution in [1.29, 1.82) is 0 Å². The minimum Gasteiger partial charge on any atom is -0.456 e. The van der Waals surface area contributed by atoms with Crippen molar-refractivity contribution in [2.24, 2.45) is 0 Å². The van der Waals surface area contributed by atoms with Crippen molar-refractivity contribution >= 4 is 105 Å². The lowest BCUT2D eigenvalue weighted by molar-refractivity contribution is 0.332. The Morgan fingerprint density at radius 3 is 2.07 bits per heavy atom. The smallest absolute Gasteiger partial charge is 0.198 e. The SMILES string of the molecule is CC(C)(C)c1ccc(Nc2cc3sc4cc5c(cc4c3cc2-c2ccc3c4cc6c(cc4n4c3c2Bc2cc3c(cc2-4)-c2ccccc2C3(C)C)oc2ccccc26)C(C)(C)CCC5(C)C)cc1. The maximum absolute atomic E-state index is 6.64. The lowest BCUT2D eigenvalue weighted by Gasteiger charge is -2.41. The van der Waals surface area contributed by atoms with E-state index >= 15 is 0 Å². The molecule has 332 valence electrons. The first-order chi connectivity index (χ1) is 32.5. The van der Waals surface area contributed by atoms with E-state index in [4.69, 9.17) is 4.42 Å². The number of nitrogens with one attached hydrogen (secondary N) is 1. The fraction of sp³-hybridized carbons (Fsp3) is 0.238. The summed E-state index contributed by atoms with van der Waals surface area (Å²) in [4.78, 5) is 0. The quantitative estimate of drug-likeness (QED) is 0.179. The van der Waals surface area contributed by atoms with Crippen molar-refractivity contribution in [3.63, 3.8) is 0 Å². The van der Waals surface area contributed by atoms with Gasteiger partial charge in [-0.25, -0.2) is 0 Å². The number of hydrogen-bond donors (Lipinski definition) is 1. The largest absolute Gasteiger partial charge is 0.456 e. The zero-order valence-corrected chi connectivity index (χ0v) is 41.4. The molecule has 0 bridgehead atoms. The van der Waals surface area contributed by atoms with Gasteiger partial charge in [0.2, 0.25) is 0 Å². The van der Waals surface area contributed by atoms with Gasteiger partial charge in [-0.05, 0) is 134 Å². The first-order valence-corrected chi connectivity index (χ1v) is 25.5. The average Bonchev–Trinajstić information content (AvgIpc) is 4.02. The number of para-hydroxylation sites is 1. The van der Waals surface area contributed by atoms with Gasteiger partial charge >= 0.3 is 0 Å². The molecule has 3 aliphatic rings. The van der Waals surface area contributed by atoms with Crippen LogP contribution in [0, 0.1) is 0 Å². The van der Waals surface area contributed by atoms with E-state index in [-0.39, 0.29) is 21.7 Å². The van der Waals surface area contributed by atoms with Gasteiger partial charge in [-0.15, -0.1) is 11.3 Å². The standard InChI is InChI=1S/C63H55BN2OS/c1-60(2,3)34-18-20-35(21-19-34)65-51-32-57-44(45-28-48-49(31-56(45)68-57)62(6,7)25-24-61(48,4)5)26-41(51)38-22-23-39-42-27-43-37-15-11-13-17-54(37)67-55(43)33-52(42)66-53-29-40-36-14-10-12-16-46(36)63(8,9)47(40)30-50(53)64-58(38)59(39)66/h10-23,26-33,64-65H,24-25H2,1-9H3. The Labute approximate surface area is 403 Å². The number of aromatic nitrogens is 1. The number of thiophene rings is 1. The molecule has 0 saturated heterocycles. The van der Waals surface area contributed by atoms with Crippen LogP contribution in [-0.4, -0.2) is 11.8 Å². The molecule has 5 heteroatoms. The molecule has 8 aromatic carbocycles. The third kappa shape index (κ3) is 5.54. The first-order valence-electron chi connectivity index (χ1n) is 24.7. The van der Waals surface area contributed by atoms with Crippen LogP contribution in [0.2, 0.25) is 0 Å². The zero-order valence-electron chi connectivity index (χ0n) is 40.6. The second kappa shape index (κ2) is 13.4. The molecule has 0 unspecified atom stereocenters. The molecule has 3 nitrogen and oxygen atoms in total. The fourth-order valence-electron chi connectivity index (χ4n) is 12.8. The highest BCUT2D eigenvalue weighted by molar-refractivity contribution is 7.25. The van der Waals surface area contributed by atoms with E-state index in [1.54, 1.807) is 0 Å². The molecule has 14 rings (SSSR count). The molecule has 0 spiro atoms. The Bertz CT molecular complexity index is 4030. The van der Waals surface area contributed by atoms with Gasteiger partial charge in [0.1, 0.15) is 11.2 Å². The summed E-state index contributed by atoms with van der Waals surface area (Å²) in [5, 5.41) is 11.6. The third-order valence-corrected chi connectivity index (χ3v) is 17.9. The monoisotopic (exact) mass is 898 g/mol. The molecule has 0 atom stereocenters. The van der Waals surface area contributed by atoms with E-state index in [9.17, 15) is 0 Å². The second-order valence-corrected chi connectivity index (χ2v) is 24.4. The van der Waals surface area contributed by atoms with Crippen LogP contribution < -0.4 is 16.2 Å². The van der Waals surface area contributed by atoms with E-state index in [2.05, 4.69) is 206 Å². The summed E-state index contributed by atoms with van der Waals surface area (Å²) in [7, 11) is 0.829. The minimum atomic E-state index is -0.108. The lowest BCUT2D eigenvalue weighted by Crippen LogP contribution is -2.38. The number of furan rings is 1. The van der Waals surface area contributed by atoms with Gasteiger partial charge < -0.3 is 14.3 Å². The third-order valence-electron chi connectivity index (χ3n) is 16.8. The normalized spacial score (nSPS) is 16.4. The van der Waals surface area contributed by atoms with E-state index < -0.39 is 0 Å². The molecule has 0 amide bonds. The van der Waals surface area contributed by atoms with Crippen LogP contribution in [0.1, 0.15) is 103 Å². The predicted molar refractivity (Wildman–Crippen MR) is 294 cm³/mol. The number of anilines is 2. The highest BCUT2D eigenvalue weighted by Gasteiger charge is 2.39. The molecule has 4 heterocycles. The molecule has 0 radical (unpaired) electrons. The van der Waals surface area contributed by atoms with Crippen molar-refractivity contribution in [2.45, 2.75) is 96.8 Å². The van der Waals surface area contributed by atoms with Gasteiger partial charge in [-0.1, -0.05) is 141 Å². The van der Waals surface area contributed by atoms with E-state index in [1.165, 1.54) is 122 Å². The average molecular weight is 899 g/mol. The van der Waals surface area contributed by atoms with Gasteiger partial charge in [0, 0.05) is 81.3 Å². The lowest BCUT2D eigenvalue weighted by atomic mass is 9.58. The van der Waals surface area contributed by atoms with Crippen molar-refractivity contribution in [1.82, 2.24) is 4.57 Å². The molecule has 0 fully saturated rings.